The molecule has 3 N–H and O–H groups in total. The summed E-state index contributed by atoms with van der Waals surface area (Å²) in [5.74, 6) is 0.459. The average molecular weight is 366 g/mol. The zero-order chi connectivity index (χ0) is 17.8. The number of hydrogen-bond donors (Lipinski definition) is 2. The first-order chi connectivity index (χ1) is 12.1. The van der Waals surface area contributed by atoms with E-state index in [0.717, 1.165) is 24.2 Å². The molecule has 3 rings (SSSR count). The fourth-order valence-corrected chi connectivity index (χ4v) is 3.71. The van der Waals surface area contributed by atoms with Crippen molar-refractivity contribution in [2.45, 2.75) is 19.3 Å². The summed E-state index contributed by atoms with van der Waals surface area (Å²) in [4.78, 5) is 26.9. The Kier molecular flexibility index (Phi) is 5.81. The molecule has 1 fully saturated rings. The van der Waals surface area contributed by atoms with E-state index < -0.39 is 0 Å². The van der Waals surface area contributed by atoms with Gasteiger partial charge < -0.3 is 20.7 Å². The number of fused-ring (bicyclic) bond motifs is 1. The van der Waals surface area contributed by atoms with E-state index in [2.05, 4.69) is 5.32 Å². The normalized spacial score (nSPS) is 22.7. The molecule has 0 radical (unpaired) electrons. The Bertz CT molecular complexity index is 652. The standard InChI is InChI=1S/C18H24ClN3O3/c19-15-3-4-16-13(9-15)8-14(11-25-16)18(24)22-7-1-2-12(10-22)17(23)21-6-5-20/h3-4,9,12,14H,1-2,5-8,10-11,20H2,(H,21,23). The molecule has 2 unspecified atom stereocenters. The van der Waals surface area contributed by atoms with Crippen LogP contribution in [-0.4, -0.2) is 49.5 Å². The number of amides is 2. The van der Waals surface area contributed by atoms with Crippen LogP contribution in [0, 0.1) is 11.8 Å². The van der Waals surface area contributed by atoms with Gasteiger partial charge in [0.05, 0.1) is 11.8 Å². The molecule has 136 valence electrons. The van der Waals surface area contributed by atoms with Gasteiger partial charge >= 0.3 is 0 Å². The predicted molar refractivity (Wildman–Crippen MR) is 95.5 cm³/mol. The number of halogens is 1. The van der Waals surface area contributed by atoms with Gasteiger partial charge in [-0.15, -0.1) is 0 Å². The molecule has 1 aromatic carbocycles. The summed E-state index contributed by atoms with van der Waals surface area (Å²) >= 11 is 6.04. The Hall–Kier alpha value is -1.79. The highest BCUT2D eigenvalue weighted by atomic mass is 35.5. The maximum atomic E-state index is 12.9. The van der Waals surface area contributed by atoms with Crippen LogP contribution in [0.5, 0.6) is 5.75 Å². The quantitative estimate of drug-likeness (QED) is 0.839. The Morgan fingerprint density at radius 3 is 3.00 bits per heavy atom. The first-order valence-corrected chi connectivity index (χ1v) is 9.14. The summed E-state index contributed by atoms with van der Waals surface area (Å²) in [5, 5.41) is 3.46. The first kappa shape index (κ1) is 18.0. The predicted octanol–water partition coefficient (Wildman–Crippen LogP) is 1.20. The number of likely N-dealkylation sites (tertiary alicyclic amines) is 1. The Labute approximate surface area is 152 Å². The lowest BCUT2D eigenvalue weighted by atomic mass is 9.92. The van der Waals surface area contributed by atoms with Crippen LogP contribution in [0.3, 0.4) is 0 Å². The van der Waals surface area contributed by atoms with Crippen molar-refractivity contribution in [1.82, 2.24) is 10.2 Å². The fraction of sp³-hybridized carbons (Fsp3) is 0.556. The van der Waals surface area contributed by atoms with E-state index in [1.807, 2.05) is 12.1 Å². The highest BCUT2D eigenvalue weighted by Gasteiger charge is 2.34. The van der Waals surface area contributed by atoms with Gasteiger partial charge in [0.1, 0.15) is 12.4 Å². The third-order valence-electron chi connectivity index (χ3n) is 4.83. The van der Waals surface area contributed by atoms with Crippen molar-refractivity contribution in [3.63, 3.8) is 0 Å². The molecule has 2 aliphatic heterocycles. The molecule has 0 aromatic heterocycles. The van der Waals surface area contributed by atoms with E-state index in [0.29, 0.717) is 44.2 Å². The van der Waals surface area contributed by atoms with Gasteiger partial charge in [0.15, 0.2) is 0 Å². The van der Waals surface area contributed by atoms with Gasteiger partial charge in [-0.05, 0) is 43.0 Å². The molecular formula is C18H24ClN3O3. The SMILES string of the molecule is NCCNC(=O)C1CCCN(C(=O)C2COc3ccc(Cl)cc3C2)C1. The number of piperidine rings is 1. The van der Waals surface area contributed by atoms with Gasteiger partial charge in [-0.25, -0.2) is 0 Å². The van der Waals surface area contributed by atoms with Crippen LogP contribution in [0.15, 0.2) is 18.2 Å². The van der Waals surface area contributed by atoms with Gasteiger partial charge in [0.25, 0.3) is 0 Å². The number of nitrogens with two attached hydrogens (primary N) is 1. The second kappa shape index (κ2) is 8.06. The molecule has 2 amide bonds. The second-order valence-corrected chi connectivity index (χ2v) is 7.10. The molecule has 1 saturated heterocycles. The summed E-state index contributed by atoms with van der Waals surface area (Å²) in [6, 6.07) is 5.49. The Morgan fingerprint density at radius 2 is 2.20 bits per heavy atom. The smallest absolute Gasteiger partial charge is 0.229 e. The zero-order valence-electron chi connectivity index (χ0n) is 14.2. The molecule has 0 aliphatic carbocycles. The summed E-state index contributed by atoms with van der Waals surface area (Å²) < 4.78 is 5.73. The largest absolute Gasteiger partial charge is 0.492 e. The molecule has 0 spiro atoms. The van der Waals surface area contributed by atoms with Gasteiger partial charge in [-0.2, -0.15) is 0 Å². The van der Waals surface area contributed by atoms with Crippen molar-refractivity contribution in [1.29, 1.82) is 0 Å². The van der Waals surface area contributed by atoms with Crippen LogP contribution in [0.2, 0.25) is 5.02 Å². The average Bonchev–Trinajstić information content (AvgIpc) is 2.65. The summed E-state index contributed by atoms with van der Waals surface area (Å²) in [6.45, 7) is 2.42. The number of rotatable bonds is 4. The van der Waals surface area contributed by atoms with Crippen molar-refractivity contribution < 1.29 is 14.3 Å². The topological polar surface area (TPSA) is 84.7 Å². The van der Waals surface area contributed by atoms with E-state index in [1.165, 1.54) is 0 Å². The van der Waals surface area contributed by atoms with Crippen molar-refractivity contribution in [2.75, 3.05) is 32.8 Å². The van der Waals surface area contributed by atoms with Gasteiger partial charge in [0.2, 0.25) is 11.8 Å². The maximum Gasteiger partial charge on any atom is 0.229 e. The van der Waals surface area contributed by atoms with E-state index in [9.17, 15) is 9.59 Å². The lowest BCUT2D eigenvalue weighted by molar-refractivity contribution is -0.140. The second-order valence-electron chi connectivity index (χ2n) is 6.67. The van der Waals surface area contributed by atoms with Crippen LogP contribution in [0.1, 0.15) is 18.4 Å². The molecule has 0 saturated carbocycles. The van der Waals surface area contributed by atoms with E-state index in [1.54, 1.807) is 11.0 Å². The molecule has 2 aliphatic rings. The third-order valence-corrected chi connectivity index (χ3v) is 5.06. The Morgan fingerprint density at radius 1 is 1.36 bits per heavy atom. The number of nitrogens with zero attached hydrogens (tertiary/aromatic N) is 1. The van der Waals surface area contributed by atoms with Gasteiger partial charge in [-0.3, -0.25) is 9.59 Å². The number of carbonyl (C=O) groups is 2. The molecular weight excluding hydrogens is 342 g/mol. The van der Waals surface area contributed by atoms with Crippen molar-refractivity contribution in [2.24, 2.45) is 17.6 Å². The summed E-state index contributed by atoms with van der Waals surface area (Å²) in [5.41, 5.74) is 6.39. The highest BCUT2D eigenvalue weighted by Crippen LogP contribution is 2.31. The lowest BCUT2D eigenvalue weighted by Gasteiger charge is -2.35. The maximum absolute atomic E-state index is 12.9. The van der Waals surface area contributed by atoms with E-state index in [-0.39, 0.29) is 23.7 Å². The molecule has 2 heterocycles. The minimum absolute atomic E-state index is 0.0139. The number of nitrogens with one attached hydrogen (secondary N) is 1. The van der Waals surface area contributed by atoms with Crippen LogP contribution < -0.4 is 15.8 Å². The number of carbonyl (C=O) groups excluding carboxylic acids is 2. The minimum Gasteiger partial charge on any atom is -0.492 e. The zero-order valence-corrected chi connectivity index (χ0v) is 14.9. The fourth-order valence-electron chi connectivity index (χ4n) is 3.51. The van der Waals surface area contributed by atoms with Gasteiger partial charge in [-0.1, -0.05) is 11.6 Å². The molecule has 2 atom stereocenters. The number of ether oxygens (including phenoxy) is 1. The van der Waals surface area contributed by atoms with E-state index >= 15 is 0 Å². The van der Waals surface area contributed by atoms with Crippen molar-refractivity contribution in [3.8, 4) is 5.75 Å². The number of hydrogen-bond acceptors (Lipinski definition) is 4. The third kappa shape index (κ3) is 4.25. The monoisotopic (exact) mass is 365 g/mol. The summed E-state index contributed by atoms with van der Waals surface area (Å²) in [7, 11) is 0. The molecule has 6 nitrogen and oxygen atoms in total. The van der Waals surface area contributed by atoms with Crippen LogP contribution >= 0.6 is 11.6 Å². The molecule has 1 aromatic rings. The Balaban J connectivity index is 1.62. The van der Waals surface area contributed by atoms with E-state index in [4.69, 9.17) is 22.1 Å². The first-order valence-electron chi connectivity index (χ1n) is 8.76. The highest BCUT2D eigenvalue weighted by molar-refractivity contribution is 6.30. The number of benzene rings is 1. The van der Waals surface area contributed by atoms with Crippen LogP contribution in [-0.2, 0) is 16.0 Å². The molecule has 7 heteroatoms. The van der Waals surface area contributed by atoms with Crippen molar-refractivity contribution >= 4 is 23.4 Å². The van der Waals surface area contributed by atoms with Crippen LogP contribution in [0.4, 0.5) is 0 Å². The lowest BCUT2D eigenvalue weighted by Crippen LogP contribution is -2.49. The summed E-state index contributed by atoms with van der Waals surface area (Å²) in [6.07, 6.45) is 2.26. The van der Waals surface area contributed by atoms with Gasteiger partial charge in [0, 0.05) is 31.2 Å². The van der Waals surface area contributed by atoms with Crippen LogP contribution in [0.25, 0.3) is 0 Å². The molecule has 0 bridgehead atoms. The molecule has 25 heavy (non-hydrogen) atoms. The van der Waals surface area contributed by atoms with Crippen molar-refractivity contribution in [3.05, 3.63) is 28.8 Å². The minimum atomic E-state index is -0.225.